The van der Waals surface area contributed by atoms with Crippen molar-refractivity contribution in [3.05, 3.63) is 70.4 Å². The normalized spacial score (nSPS) is 12.3. The molecule has 0 spiro atoms. The minimum absolute atomic E-state index is 0.00455. The Morgan fingerprint density at radius 2 is 1.48 bits per heavy atom. The number of para-hydroxylation sites is 1. The fraction of sp³-hybridized carbons (Fsp3) is 0.0556. The summed E-state index contributed by atoms with van der Waals surface area (Å²) in [4.78, 5) is 12.7. The first-order chi connectivity index (χ1) is 11.0. The average Bonchev–Trinajstić information content (AvgIpc) is 2.53. The van der Waals surface area contributed by atoms with E-state index in [-0.39, 0.29) is 27.2 Å². The van der Waals surface area contributed by atoms with Crippen molar-refractivity contribution in [1.29, 1.82) is 0 Å². The van der Waals surface area contributed by atoms with Crippen molar-refractivity contribution in [2.24, 2.45) is 0 Å². The summed E-state index contributed by atoms with van der Waals surface area (Å²) in [5.74, 6) is 0. The number of benzene rings is 3. The van der Waals surface area contributed by atoms with Crippen LogP contribution in [0.15, 0.2) is 63.8 Å². The zero-order chi connectivity index (χ0) is 16.2. The van der Waals surface area contributed by atoms with Gasteiger partial charge in [0, 0.05) is 0 Å². The molecule has 0 bridgehead atoms. The minimum Gasteiger partial charge on any atom is -0.456 e. The maximum absolute atomic E-state index is 13.2. The SMILES string of the molecule is O=c1c2ccccc2oc2ccc3c(C(F)(F)F)cccc3c12. The van der Waals surface area contributed by atoms with E-state index in [0.717, 1.165) is 6.07 Å². The minimum atomic E-state index is -4.48. The Morgan fingerprint density at radius 3 is 2.26 bits per heavy atom. The summed E-state index contributed by atoms with van der Waals surface area (Å²) >= 11 is 0. The molecule has 3 aromatic carbocycles. The molecule has 23 heavy (non-hydrogen) atoms. The summed E-state index contributed by atoms with van der Waals surface area (Å²) in [6.45, 7) is 0. The van der Waals surface area contributed by atoms with Gasteiger partial charge in [-0.15, -0.1) is 0 Å². The van der Waals surface area contributed by atoms with Gasteiger partial charge in [-0.05, 0) is 35.0 Å². The van der Waals surface area contributed by atoms with E-state index in [1.807, 2.05) is 0 Å². The van der Waals surface area contributed by atoms with E-state index in [4.69, 9.17) is 4.42 Å². The summed E-state index contributed by atoms with van der Waals surface area (Å²) in [5.41, 5.74) is -0.395. The molecule has 114 valence electrons. The van der Waals surface area contributed by atoms with Crippen molar-refractivity contribution >= 4 is 32.7 Å². The lowest BCUT2D eigenvalue weighted by atomic mass is 9.99. The molecule has 0 N–H and O–H groups in total. The third-order valence-corrected chi connectivity index (χ3v) is 3.91. The largest absolute Gasteiger partial charge is 0.456 e. The average molecular weight is 314 g/mol. The highest BCUT2D eigenvalue weighted by Gasteiger charge is 2.32. The highest BCUT2D eigenvalue weighted by molar-refractivity contribution is 6.09. The van der Waals surface area contributed by atoms with Gasteiger partial charge in [-0.25, -0.2) is 0 Å². The lowest BCUT2D eigenvalue weighted by Crippen LogP contribution is -2.07. The Morgan fingerprint density at radius 1 is 0.739 bits per heavy atom. The van der Waals surface area contributed by atoms with E-state index < -0.39 is 11.7 Å². The molecule has 4 rings (SSSR count). The molecule has 0 saturated carbocycles. The highest BCUT2D eigenvalue weighted by atomic mass is 19.4. The van der Waals surface area contributed by atoms with Crippen LogP contribution in [0.3, 0.4) is 0 Å². The quantitative estimate of drug-likeness (QED) is 0.333. The smallest absolute Gasteiger partial charge is 0.417 e. The van der Waals surface area contributed by atoms with Crippen molar-refractivity contribution in [1.82, 2.24) is 0 Å². The number of rotatable bonds is 0. The highest BCUT2D eigenvalue weighted by Crippen LogP contribution is 2.36. The summed E-state index contributed by atoms with van der Waals surface area (Å²) in [5, 5.41) is 0.768. The number of hydrogen-bond acceptors (Lipinski definition) is 2. The molecular formula is C18H9F3O2. The van der Waals surface area contributed by atoms with Crippen molar-refractivity contribution in [3.8, 4) is 0 Å². The van der Waals surface area contributed by atoms with Crippen LogP contribution in [0.1, 0.15) is 5.56 Å². The molecule has 0 aliphatic carbocycles. The Kier molecular flexibility index (Phi) is 2.75. The third kappa shape index (κ3) is 2.00. The molecule has 0 fully saturated rings. The van der Waals surface area contributed by atoms with E-state index in [1.165, 1.54) is 24.3 Å². The number of hydrogen-bond donors (Lipinski definition) is 0. The van der Waals surface area contributed by atoms with Crippen LogP contribution in [-0.2, 0) is 6.18 Å². The van der Waals surface area contributed by atoms with E-state index in [0.29, 0.717) is 11.0 Å². The molecule has 2 nitrogen and oxygen atoms in total. The van der Waals surface area contributed by atoms with Gasteiger partial charge >= 0.3 is 6.18 Å². The Bertz CT molecular complexity index is 1120. The van der Waals surface area contributed by atoms with Gasteiger partial charge < -0.3 is 4.42 Å². The molecule has 0 radical (unpaired) electrons. The van der Waals surface area contributed by atoms with E-state index in [1.54, 1.807) is 24.3 Å². The molecule has 1 heterocycles. The van der Waals surface area contributed by atoms with Gasteiger partial charge in [0.2, 0.25) is 5.43 Å². The lowest BCUT2D eigenvalue weighted by molar-refractivity contribution is -0.136. The number of alkyl halides is 3. The van der Waals surface area contributed by atoms with Crippen LogP contribution in [0, 0.1) is 0 Å². The summed E-state index contributed by atoms with van der Waals surface area (Å²) < 4.78 is 45.2. The second-order valence-corrected chi connectivity index (χ2v) is 5.26. The Balaban J connectivity index is 2.26. The zero-order valence-corrected chi connectivity index (χ0v) is 11.6. The van der Waals surface area contributed by atoms with Crippen LogP contribution >= 0.6 is 0 Å². The maximum Gasteiger partial charge on any atom is 0.417 e. The summed E-state index contributed by atoms with van der Waals surface area (Å²) in [7, 11) is 0. The van der Waals surface area contributed by atoms with E-state index >= 15 is 0 Å². The molecule has 1 aromatic heterocycles. The molecule has 5 heteroatoms. The van der Waals surface area contributed by atoms with Gasteiger partial charge in [-0.1, -0.05) is 30.3 Å². The fourth-order valence-corrected chi connectivity index (χ4v) is 2.90. The van der Waals surface area contributed by atoms with Crippen LogP contribution in [0.4, 0.5) is 13.2 Å². The number of fused-ring (bicyclic) bond motifs is 4. The molecule has 0 saturated heterocycles. The standard InChI is InChI=1S/C18H9F3O2/c19-18(20,21)13-6-3-5-11-10(13)8-9-15-16(11)17(22)12-4-1-2-7-14(12)23-15/h1-9H. The monoisotopic (exact) mass is 314 g/mol. The molecule has 4 aromatic rings. The van der Waals surface area contributed by atoms with Crippen LogP contribution in [0.25, 0.3) is 32.7 Å². The first-order valence-electron chi connectivity index (χ1n) is 6.91. The predicted octanol–water partition coefficient (Wildman–Crippen LogP) is 5.12. The van der Waals surface area contributed by atoms with Crippen molar-refractivity contribution in [3.63, 3.8) is 0 Å². The zero-order valence-electron chi connectivity index (χ0n) is 11.6. The first-order valence-corrected chi connectivity index (χ1v) is 6.91. The summed E-state index contributed by atoms with van der Waals surface area (Å²) in [6, 6.07) is 13.3. The molecule has 0 unspecified atom stereocenters. The third-order valence-electron chi connectivity index (χ3n) is 3.91. The lowest BCUT2D eigenvalue weighted by Gasteiger charge is -2.11. The van der Waals surface area contributed by atoms with Crippen LogP contribution in [0.5, 0.6) is 0 Å². The van der Waals surface area contributed by atoms with Crippen molar-refractivity contribution < 1.29 is 17.6 Å². The molecule has 0 atom stereocenters. The molecule has 0 amide bonds. The van der Waals surface area contributed by atoms with Gasteiger partial charge in [-0.3, -0.25) is 4.79 Å². The van der Waals surface area contributed by atoms with Gasteiger partial charge in [0.15, 0.2) is 0 Å². The van der Waals surface area contributed by atoms with Crippen LogP contribution in [-0.4, -0.2) is 0 Å². The second kappa shape index (κ2) is 4.59. The van der Waals surface area contributed by atoms with Crippen LogP contribution < -0.4 is 5.43 Å². The fourth-order valence-electron chi connectivity index (χ4n) is 2.90. The topological polar surface area (TPSA) is 30.2 Å². The molecular weight excluding hydrogens is 305 g/mol. The Hall–Kier alpha value is -2.82. The van der Waals surface area contributed by atoms with E-state index in [2.05, 4.69) is 0 Å². The van der Waals surface area contributed by atoms with Crippen molar-refractivity contribution in [2.75, 3.05) is 0 Å². The summed E-state index contributed by atoms with van der Waals surface area (Å²) in [6.07, 6.45) is -4.48. The molecule has 0 aliphatic rings. The van der Waals surface area contributed by atoms with Crippen LogP contribution in [0.2, 0.25) is 0 Å². The van der Waals surface area contributed by atoms with Gasteiger partial charge in [-0.2, -0.15) is 13.2 Å². The first kappa shape index (κ1) is 13.8. The molecule has 0 aliphatic heterocycles. The predicted molar refractivity (Wildman–Crippen MR) is 82.5 cm³/mol. The van der Waals surface area contributed by atoms with Crippen molar-refractivity contribution in [2.45, 2.75) is 6.18 Å². The van der Waals surface area contributed by atoms with Gasteiger partial charge in [0.05, 0.1) is 16.3 Å². The van der Waals surface area contributed by atoms with Gasteiger partial charge in [0.1, 0.15) is 11.2 Å². The van der Waals surface area contributed by atoms with E-state index in [9.17, 15) is 18.0 Å². The second-order valence-electron chi connectivity index (χ2n) is 5.26. The maximum atomic E-state index is 13.2. The Labute approximate surface area is 127 Å². The number of halogens is 3. The van der Waals surface area contributed by atoms with Gasteiger partial charge in [0.25, 0.3) is 0 Å².